The summed E-state index contributed by atoms with van der Waals surface area (Å²) in [5.74, 6) is -1.74. The Hall–Kier alpha value is -3.42. The SMILES string of the molecule is CN1Cc2c(C3=CCN(C(=O)OC(C)(C)C)CC3)[nH]c3nccc(c23)-c2cc(F)c(F)cc21. The predicted molar refractivity (Wildman–Crippen MR) is 124 cm³/mol. The molecule has 0 bridgehead atoms. The van der Waals surface area contributed by atoms with Crippen LogP contribution in [-0.2, 0) is 11.3 Å². The number of benzene rings is 1. The summed E-state index contributed by atoms with van der Waals surface area (Å²) >= 11 is 0. The summed E-state index contributed by atoms with van der Waals surface area (Å²) in [4.78, 5) is 24.0. The van der Waals surface area contributed by atoms with Crippen molar-refractivity contribution in [2.24, 2.45) is 0 Å². The number of hydrogen-bond acceptors (Lipinski definition) is 4. The Morgan fingerprint density at radius 2 is 1.94 bits per heavy atom. The lowest BCUT2D eigenvalue weighted by Gasteiger charge is -2.29. The number of ether oxygens (including phenoxy) is 1. The van der Waals surface area contributed by atoms with E-state index in [2.05, 4.69) is 9.97 Å². The van der Waals surface area contributed by atoms with Gasteiger partial charge in [-0.05, 0) is 50.5 Å². The number of carbonyl (C=O) groups excluding carboxylic acids is 1. The first-order valence-corrected chi connectivity index (χ1v) is 11.0. The average Bonchev–Trinajstić information content (AvgIpc) is 3.07. The molecule has 33 heavy (non-hydrogen) atoms. The van der Waals surface area contributed by atoms with E-state index in [-0.39, 0.29) is 6.09 Å². The van der Waals surface area contributed by atoms with Crippen LogP contribution in [0.1, 0.15) is 38.4 Å². The van der Waals surface area contributed by atoms with E-state index in [0.29, 0.717) is 43.0 Å². The number of carbonyl (C=O) groups is 1. The number of halogens is 2. The zero-order chi connectivity index (χ0) is 23.5. The molecule has 0 radical (unpaired) electrons. The molecule has 1 aromatic carbocycles. The number of aromatic nitrogens is 2. The molecular weight excluding hydrogens is 426 g/mol. The number of H-pyrrole nitrogens is 1. The van der Waals surface area contributed by atoms with Gasteiger partial charge in [0.25, 0.3) is 0 Å². The van der Waals surface area contributed by atoms with E-state index < -0.39 is 17.2 Å². The predicted octanol–water partition coefficient (Wildman–Crippen LogP) is 5.48. The number of nitrogens with one attached hydrogen (secondary N) is 1. The lowest BCUT2D eigenvalue weighted by Crippen LogP contribution is -2.39. The highest BCUT2D eigenvalue weighted by Crippen LogP contribution is 2.43. The monoisotopic (exact) mass is 452 g/mol. The molecule has 0 fully saturated rings. The standard InChI is InChI=1S/C25H26F2N4O2/c1-25(2,3)33-24(32)31-9-6-14(7-10-31)22-17-13-30(4)20-12-19(27)18(26)11-16(20)15-5-8-28-23(29-22)21(15)17/h5-6,8,11-12H,7,9-10,13H2,1-4H3,(H,28,29). The molecule has 172 valence electrons. The minimum atomic E-state index is -0.872. The molecule has 2 aliphatic heterocycles. The zero-order valence-corrected chi connectivity index (χ0v) is 19.1. The van der Waals surface area contributed by atoms with Crippen molar-refractivity contribution in [3.05, 3.63) is 53.4 Å². The van der Waals surface area contributed by atoms with Gasteiger partial charge in [0.05, 0.1) is 0 Å². The summed E-state index contributed by atoms with van der Waals surface area (Å²) in [6, 6.07) is 4.36. The van der Waals surface area contributed by atoms with Gasteiger partial charge in [-0.15, -0.1) is 0 Å². The third-order valence-electron chi connectivity index (χ3n) is 6.12. The third-order valence-corrected chi connectivity index (χ3v) is 6.12. The molecule has 5 rings (SSSR count). The smallest absolute Gasteiger partial charge is 0.410 e. The number of nitrogens with zero attached hydrogens (tertiary/aromatic N) is 3. The van der Waals surface area contributed by atoms with Gasteiger partial charge in [-0.1, -0.05) is 6.08 Å². The van der Waals surface area contributed by atoms with Crippen molar-refractivity contribution in [1.82, 2.24) is 14.9 Å². The van der Waals surface area contributed by atoms with Crippen molar-refractivity contribution in [2.45, 2.75) is 39.3 Å². The van der Waals surface area contributed by atoms with Crippen molar-refractivity contribution < 1.29 is 18.3 Å². The molecule has 2 aliphatic rings. The van der Waals surface area contributed by atoms with Crippen LogP contribution in [-0.4, -0.2) is 46.7 Å². The molecule has 0 unspecified atom stereocenters. The van der Waals surface area contributed by atoms with Crippen molar-refractivity contribution in [2.75, 3.05) is 25.0 Å². The summed E-state index contributed by atoms with van der Waals surface area (Å²) in [6.45, 7) is 7.06. The maximum absolute atomic E-state index is 14.2. The van der Waals surface area contributed by atoms with Crippen molar-refractivity contribution >= 4 is 28.4 Å². The minimum Gasteiger partial charge on any atom is -0.444 e. The lowest BCUT2D eigenvalue weighted by molar-refractivity contribution is 0.0270. The molecule has 1 N–H and O–H groups in total. The highest BCUT2D eigenvalue weighted by Gasteiger charge is 2.29. The first kappa shape index (κ1) is 21.4. The van der Waals surface area contributed by atoms with Crippen LogP contribution >= 0.6 is 0 Å². The zero-order valence-electron chi connectivity index (χ0n) is 19.1. The van der Waals surface area contributed by atoms with E-state index >= 15 is 0 Å². The summed E-state index contributed by atoms with van der Waals surface area (Å²) in [6.07, 6.45) is 4.05. The molecule has 3 aromatic rings. The highest BCUT2D eigenvalue weighted by molar-refractivity contribution is 6.02. The second-order valence-electron chi connectivity index (χ2n) is 9.61. The second kappa shape index (κ2) is 7.57. The molecule has 0 saturated carbocycles. The van der Waals surface area contributed by atoms with Gasteiger partial charge in [0, 0.05) is 66.8 Å². The number of pyridine rings is 1. The van der Waals surface area contributed by atoms with Gasteiger partial charge in [-0.25, -0.2) is 18.6 Å². The van der Waals surface area contributed by atoms with Crippen LogP contribution in [0, 0.1) is 11.6 Å². The number of rotatable bonds is 1. The highest BCUT2D eigenvalue weighted by atomic mass is 19.2. The Morgan fingerprint density at radius 3 is 2.64 bits per heavy atom. The van der Waals surface area contributed by atoms with Crippen LogP contribution in [0.15, 0.2) is 30.5 Å². The van der Waals surface area contributed by atoms with Crippen LogP contribution in [0.4, 0.5) is 19.3 Å². The van der Waals surface area contributed by atoms with Gasteiger partial charge >= 0.3 is 6.09 Å². The van der Waals surface area contributed by atoms with Gasteiger partial charge in [0.2, 0.25) is 0 Å². The van der Waals surface area contributed by atoms with Crippen LogP contribution in [0.2, 0.25) is 0 Å². The molecule has 0 saturated heterocycles. The molecule has 0 spiro atoms. The van der Waals surface area contributed by atoms with Gasteiger partial charge in [-0.3, -0.25) is 0 Å². The number of amides is 1. The molecule has 6 nitrogen and oxygen atoms in total. The first-order valence-electron chi connectivity index (χ1n) is 11.0. The molecule has 0 atom stereocenters. The Bertz CT molecular complexity index is 1310. The second-order valence-corrected chi connectivity index (χ2v) is 9.61. The fourth-order valence-corrected chi connectivity index (χ4v) is 4.62. The number of anilines is 1. The molecular formula is C25H26F2N4O2. The van der Waals surface area contributed by atoms with Gasteiger partial charge in [-0.2, -0.15) is 0 Å². The summed E-state index contributed by atoms with van der Waals surface area (Å²) in [7, 11) is 1.87. The average molecular weight is 453 g/mol. The van der Waals surface area contributed by atoms with E-state index in [0.717, 1.165) is 27.8 Å². The fourth-order valence-electron chi connectivity index (χ4n) is 4.62. The van der Waals surface area contributed by atoms with Gasteiger partial charge in [0.1, 0.15) is 11.2 Å². The number of fused-ring (bicyclic) bond motifs is 2. The van der Waals surface area contributed by atoms with E-state index in [1.54, 1.807) is 11.1 Å². The fraction of sp³-hybridized carbons (Fsp3) is 0.360. The minimum absolute atomic E-state index is 0.323. The molecule has 1 amide bonds. The van der Waals surface area contributed by atoms with E-state index in [4.69, 9.17) is 4.74 Å². The van der Waals surface area contributed by atoms with Crippen LogP contribution in [0.5, 0.6) is 0 Å². The summed E-state index contributed by atoms with van der Waals surface area (Å²) in [5, 5.41) is 0.916. The topological polar surface area (TPSA) is 61.5 Å². The maximum Gasteiger partial charge on any atom is 0.410 e. The Labute approximate surface area is 190 Å². The molecule has 2 aromatic heterocycles. The Balaban J connectivity index is 1.55. The van der Waals surface area contributed by atoms with E-state index in [1.165, 1.54) is 12.1 Å². The lowest BCUT2D eigenvalue weighted by atomic mass is 9.97. The summed E-state index contributed by atoms with van der Waals surface area (Å²) < 4.78 is 33.7. The van der Waals surface area contributed by atoms with Crippen LogP contribution in [0.3, 0.4) is 0 Å². The Kier molecular flexibility index (Phi) is 4.92. The summed E-state index contributed by atoms with van der Waals surface area (Å²) in [5.41, 5.74) is 5.34. The quantitative estimate of drug-likeness (QED) is 0.531. The Morgan fingerprint density at radius 1 is 1.18 bits per heavy atom. The van der Waals surface area contributed by atoms with E-state index in [9.17, 15) is 13.6 Å². The molecule has 0 aliphatic carbocycles. The van der Waals surface area contributed by atoms with Gasteiger partial charge < -0.3 is 19.5 Å². The number of hydrogen-bond donors (Lipinski definition) is 1. The normalized spacial score (nSPS) is 15.9. The maximum atomic E-state index is 14.2. The van der Waals surface area contributed by atoms with Crippen LogP contribution < -0.4 is 4.90 Å². The largest absolute Gasteiger partial charge is 0.444 e. The van der Waals surface area contributed by atoms with Crippen molar-refractivity contribution in [3.63, 3.8) is 0 Å². The van der Waals surface area contributed by atoms with E-state index in [1.807, 2.05) is 44.9 Å². The van der Waals surface area contributed by atoms with Crippen molar-refractivity contribution in [3.8, 4) is 11.1 Å². The third kappa shape index (κ3) is 3.73. The van der Waals surface area contributed by atoms with Crippen molar-refractivity contribution in [1.29, 1.82) is 0 Å². The molecule has 8 heteroatoms. The van der Waals surface area contributed by atoms with Crippen LogP contribution in [0.25, 0.3) is 27.7 Å². The first-order chi connectivity index (χ1) is 15.6. The molecule has 4 heterocycles. The van der Waals surface area contributed by atoms with Gasteiger partial charge in [0.15, 0.2) is 11.6 Å². The number of aromatic amines is 1.